The second-order valence-electron chi connectivity index (χ2n) is 16.5. The summed E-state index contributed by atoms with van der Waals surface area (Å²) in [6, 6.07) is 56.3. The molecule has 0 radical (unpaired) electrons. The third kappa shape index (κ3) is 6.68. The monoisotopic (exact) mass is 877 g/mol. The Labute approximate surface area is 407 Å². The fourth-order valence-electron chi connectivity index (χ4n) is 9.48. The van der Waals surface area contributed by atoms with Gasteiger partial charge in [0.15, 0.2) is 11.6 Å². The Morgan fingerprint density at radius 1 is 0.309 bits per heavy atom. The molecule has 0 aliphatic carbocycles. The third-order valence-electron chi connectivity index (χ3n) is 12.5. The second kappa shape index (κ2) is 16.4. The molecule has 0 unspecified atom stereocenters. The highest BCUT2D eigenvalue weighted by molar-refractivity contribution is 6.24. The first kappa shape index (κ1) is 30.1. The van der Waals surface area contributed by atoms with E-state index in [9.17, 15) is 2.74 Å². The van der Waals surface area contributed by atoms with Crippen LogP contribution in [0.3, 0.4) is 0 Å². The molecule has 3 heterocycles. The lowest BCUT2D eigenvalue weighted by Gasteiger charge is -2.17. The lowest BCUT2D eigenvalue weighted by atomic mass is 9.97. The van der Waals surface area contributed by atoms with Gasteiger partial charge in [-0.1, -0.05) is 212 Å². The van der Waals surface area contributed by atoms with Crippen LogP contribution in [-0.4, -0.2) is 24.1 Å². The molecule has 0 saturated heterocycles. The van der Waals surface area contributed by atoms with Crippen molar-refractivity contribution >= 4 is 43.6 Å². The molecule has 5 heteroatoms. The van der Waals surface area contributed by atoms with Gasteiger partial charge in [0.1, 0.15) is 0 Å². The highest BCUT2D eigenvalue weighted by Crippen LogP contribution is 2.44. The molecule has 0 aliphatic heterocycles. The molecule has 5 nitrogen and oxygen atoms in total. The smallest absolute Gasteiger partial charge is 0.238 e. The molecule has 0 spiro atoms. The predicted octanol–water partition coefficient (Wildman–Crippen LogP) is 16.1. The number of aromatic nitrogens is 5. The maximum absolute atomic E-state index is 9.37. The third-order valence-corrected chi connectivity index (χ3v) is 12.5. The van der Waals surface area contributed by atoms with Crippen LogP contribution in [0.5, 0.6) is 0 Å². The Bertz CT molecular complexity index is 4470. The number of hydrogen-bond donors (Lipinski definition) is 0. The topological polar surface area (TPSA) is 48.5 Å². The van der Waals surface area contributed by atoms with Crippen molar-refractivity contribution in [1.82, 2.24) is 24.1 Å². The van der Waals surface area contributed by atoms with Gasteiger partial charge in [-0.05, 0) is 75.3 Å². The zero-order valence-corrected chi connectivity index (χ0v) is 36.1. The Balaban J connectivity index is 1.16. The van der Waals surface area contributed by atoms with E-state index in [-0.39, 0.29) is 22.3 Å². The van der Waals surface area contributed by atoms with Gasteiger partial charge in [0, 0.05) is 38.2 Å². The summed E-state index contributed by atoms with van der Waals surface area (Å²) in [6.45, 7) is 0. The SMILES string of the molecule is [2H]c1c([2H])c([2H])c(-c2ccc(-n3c4ccccc4c4ccc5c6ccccc6n(-c6nc(-c7cccc(-c8ccccc8)c7)nc(-c7cccc(-c8ccccc8)c7)n6)c5c43)c(-c3c([2H])c([2H])c([2H])c([2H])c3[2H])c2)c([2H])c1[2H]. The quantitative estimate of drug-likeness (QED) is 0.153. The number of benzene rings is 10. The van der Waals surface area contributed by atoms with Gasteiger partial charge >= 0.3 is 0 Å². The highest BCUT2D eigenvalue weighted by atomic mass is 15.2. The van der Waals surface area contributed by atoms with Crippen LogP contribution in [0.4, 0.5) is 0 Å². The van der Waals surface area contributed by atoms with E-state index >= 15 is 0 Å². The Kier molecular flexibility index (Phi) is 7.24. The minimum atomic E-state index is -0.574. The van der Waals surface area contributed by atoms with Crippen LogP contribution in [0.25, 0.3) is 123 Å². The Morgan fingerprint density at radius 3 is 1.34 bits per heavy atom. The van der Waals surface area contributed by atoms with Gasteiger partial charge < -0.3 is 4.57 Å². The van der Waals surface area contributed by atoms with Crippen LogP contribution in [0.1, 0.15) is 13.7 Å². The number of nitrogens with zero attached hydrogens (tertiary/aromatic N) is 5. The van der Waals surface area contributed by atoms with Crippen LogP contribution in [0.2, 0.25) is 0 Å². The summed E-state index contributed by atoms with van der Waals surface area (Å²) in [5.74, 6) is 1.19. The van der Waals surface area contributed by atoms with Gasteiger partial charge in [-0.3, -0.25) is 4.57 Å². The average molecular weight is 878 g/mol. The molecule has 0 fully saturated rings. The Morgan fingerprint density at radius 2 is 0.765 bits per heavy atom. The maximum Gasteiger partial charge on any atom is 0.238 e. The minimum Gasteiger partial charge on any atom is -0.307 e. The van der Waals surface area contributed by atoms with Gasteiger partial charge in [0.05, 0.1) is 41.5 Å². The standard InChI is InChI=1S/C63H41N5/c1-5-19-42(20-6-1)46-27-17-29-49(39-46)61-64-62(50-30-18-28-47(40-50)43-21-7-2-8-22-43)66-63(65-61)68-57-34-16-14-32-52(57)54-37-36-53-51-31-13-15-33-56(51)67(59(53)60(54)68)58-38-35-48(44-23-9-3-10-24-44)41-55(58)45-25-11-4-12-26-45/h1-41H/i3D,4D,9D,10D,11D,12D,23D,24D,25D,26D. The molecule has 0 aliphatic rings. The van der Waals surface area contributed by atoms with Crippen molar-refractivity contribution in [2.24, 2.45) is 0 Å². The summed E-state index contributed by atoms with van der Waals surface area (Å²) in [5.41, 5.74) is 8.97. The molecule has 0 amide bonds. The van der Waals surface area contributed by atoms with Gasteiger partial charge in [-0.15, -0.1) is 0 Å². The fourth-order valence-corrected chi connectivity index (χ4v) is 9.48. The predicted molar refractivity (Wildman–Crippen MR) is 281 cm³/mol. The molecule has 0 saturated carbocycles. The molecular formula is C63H41N5. The van der Waals surface area contributed by atoms with E-state index in [1.54, 1.807) is 18.2 Å². The van der Waals surface area contributed by atoms with Crippen molar-refractivity contribution in [3.05, 3.63) is 248 Å². The molecule has 318 valence electrons. The van der Waals surface area contributed by atoms with E-state index in [4.69, 9.17) is 25.9 Å². The lowest BCUT2D eigenvalue weighted by Crippen LogP contribution is -2.07. The van der Waals surface area contributed by atoms with Crippen LogP contribution in [0, 0.1) is 0 Å². The first-order chi connectivity index (χ1) is 37.9. The second-order valence-corrected chi connectivity index (χ2v) is 16.5. The van der Waals surface area contributed by atoms with E-state index in [1.807, 2.05) is 112 Å². The van der Waals surface area contributed by atoms with Crippen LogP contribution in [0.15, 0.2) is 248 Å². The van der Waals surface area contributed by atoms with E-state index in [1.165, 1.54) is 0 Å². The minimum absolute atomic E-state index is 0.101. The summed E-state index contributed by atoms with van der Waals surface area (Å²) in [5, 5.41) is 3.42. The molecule has 3 aromatic heterocycles. The first-order valence-corrected chi connectivity index (χ1v) is 22.2. The fraction of sp³-hybridized carbons (Fsp3) is 0. The van der Waals surface area contributed by atoms with Crippen molar-refractivity contribution in [2.75, 3.05) is 0 Å². The first-order valence-electron chi connectivity index (χ1n) is 27.2. The van der Waals surface area contributed by atoms with Gasteiger partial charge in [-0.25, -0.2) is 4.98 Å². The maximum atomic E-state index is 9.37. The zero-order chi connectivity index (χ0) is 53.7. The highest BCUT2D eigenvalue weighted by Gasteiger charge is 2.25. The van der Waals surface area contributed by atoms with Crippen LogP contribution < -0.4 is 0 Å². The van der Waals surface area contributed by atoms with Crippen molar-refractivity contribution in [3.8, 4) is 78.9 Å². The molecule has 13 rings (SSSR count). The van der Waals surface area contributed by atoms with E-state index < -0.39 is 60.4 Å². The summed E-state index contributed by atoms with van der Waals surface area (Å²) in [6.07, 6.45) is 0. The number of rotatable bonds is 8. The van der Waals surface area contributed by atoms with Gasteiger partial charge in [-0.2, -0.15) is 9.97 Å². The summed E-state index contributed by atoms with van der Waals surface area (Å²) in [4.78, 5) is 16.0. The molecule has 0 bridgehead atoms. The lowest BCUT2D eigenvalue weighted by molar-refractivity contribution is 0.953. The van der Waals surface area contributed by atoms with Crippen molar-refractivity contribution in [1.29, 1.82) is 0 Å². The zero-order valence-electron chi connectivity index (χ0n) is 46.1. The van der Waals surface area contributed by atoms with Crippen LogP contribution in [-0.2, 0) is 0 Å². The van der Waals surface area contributed by atoms with Crippen LogP contribution >= 0.6 is 0 Å². The number of hydrogen-bond acceptors (Lipinski definition) is 3. The molecular weight excluding hydrogens is 827 g/mol. The summed E-state index contributed by atoms with van der Waals surface area (Å²) >= 11 is 0. The van der Waals surface area contributed by atoms with Gasteiger partial charge in [0.2, 0.25) is 5.95 Å². The number of para-hydroxylation sites is 2. The molecule has 0 atom stereocenters. The molecule has 0 N–H and O–H groups in total. The van der Waals surface area contributed by atoms with Crippen molar-refractivity contribution in [2.45, 2.75) is 0 Å². The Hall–Kier alpha value is -9.19. The molecule has 13 aromatic rings. The van der Waals surface area contributed by atoms with Crippen molar-refractivity contribution in [3.63, 3.8) is 0 Å². The summed E-state index contributed by atoms with van der Waals surface area (Å²) < 4.78 is 92.5. The number of fused-ring (bicyclic) bond motifs is 7. The van der Waals surface area contributed by atoms with Gasteiger partial charge in [0.25, 0.3) is 0 Å². The van der Waals surface area contributed by atoms with Crippen molar-refractivity contribution < 1.29 is 13.7 Å². The van der Waals surface area contributed by atoms with E-state index in [0.29, 0.717) is 39.8 Å². The normalized spacial score (nSPS) is 13.6. The van der Waals surface area contributed by atoms with E-state index in [2.05, 4.69) is 66.7 Å². The molecule has 68 heavy (non-hydrogen) atoms. The van der Waals surface area contributed by atoms with E-state index in [0.717, 1.165) is 60.4 Å². The molecule has 10 aromatic carbocycles. The average Bonchev–Trinajstić information content (AvgIpc) is 4.24. The summed E-state index contributed by atoms with van der Waals surface area (Å²) in [7, 11) is 0. The largest absolute Gasteiger partial charge is 0.307 e.